The van der Waals surface area contributed by atoms with E-state index >= 15 is 0 Å². The largest absolute Gasteiger partial charge is 0.459 e. The van der Waals surface area contributed by atoms with Crippen LogP contribution in [0.25, 0.3) is 6.08 Å². The molecular weight excluding hydrogens is 368 g/mol. The van der Waals surface area contributed by atoms with Crippen LogP contribution in [-0.2, 0) is 11.8 Å². The van der Waals surface area contributed by atoms with Crippen LogP contribution in [0.3, 0.4) is 0 Å². The minimum absolute atomic E-state index is 0.224. The number of nitrogens with one attached hydrogen (secondary N) is 2. The smallest absolute Gasteiger partial charge is 0.291 e. The zero-order valence-electron chi connectivity index (χ0n) is 14.7. The minimum Gasteiger partial charge on any atom is -0.459 e. The van der Waals surface area contributed by atoms with Crippen molar-refractivity contribution in [2.24, 2.45) is 7.05 Å². The summed E-state index contributed by atoms with van der Waals surface area (Å²) in [5.41, 5.74) is 2.62. The highest BCUT2D eigenvalue weighted by atomic mass is 35.5. The SMILES string of the molecule is Cc1nn(C)c(Cl)c1/C=C/C(=O)Nc1ccc(NC(=O)c2ccco2)cc1. The first kappa shape index (κ1) is 18.5. The van der Waals surface area contributed by atoms with Gasteiger partial charge < -0.3 is 15.1 Å². The Kier molecular flexibility index (Phi) is 5.42. The highest BCUT2D eigenvalue weighted by molar-refractivity contribution is 6.31. The second-order valence-corrected chi connectivity index (χ2v) is 6.10. The van der Waals surface area contributed by atoms with Crippen molar-refractivity contribution in [2.75, 3.05) is 10.6 Å². The van der Waals surface area contributed by atoms with Gasteiger partial charge in [0.2, 0.25) is 5.91 Å². The number of hydrogen-bond acceptors (Lipinski definition) is 4. The van der Waals surface area contributed by atoms with E-state index in [1.54, 1.807) is 54.2 Å². The van der Waals surface area contributed by atoms with Crippen LogP contribution in [0.4, 0.5) is 11.4 Å². The summed E-state index contributed by atoms with van der Waals surface area (Å²) in [5, 5.41) is 10.1. The number of benzene rings is 1. The van der Waals surface area contributed by atoms with Crippen molar-refractivity contribution in [1.82, 2.24) is 9.78 Å². The Balaban J connectivity index is 1.60. The molecule has 3 aromatic rings. The Morgan fingerprint density at radius 2 is 1.81 bits per heavy atom. The molecule has 8 heteroatoms. The van der Waals surface area contributed by atoms with Crippen LogP contribution in [0.2, 0.25) is 5.15 Å². The number of aryl methyl sites for hydroxylation is 2. The summed E-state index contributed by atoms with van der Waals surface area (Å²) in [6.45, 7) is 1.82. The summed E-state index contributed by atoms with van der Waals surface area (Å²) in [7, 11) is 1.74. The standard InChI is InChI=1S/C19H17ClN4O3/c1-12-15(18(20)24(2)23-12)9-10-17(25)21-13-5-7-14(8-6-13)22-19(26)16-4-3-11-27-16/h3-11H,1-2H3,(H,21,25)(H,22,26)/b10-9+. The van der Waals surface area contributed by atoms with E-state index in [1.165, 1.54) is 12.3 Å². The molecule has 138 valence electrons. The summed E-state index contributed by atoms with van der Waals surface area (Å²) >= 11 is 6.13. The zero-order valence-corrected chi connectivity index (χ0v) is 15.4. The third-order valence-electron chi connectivity index (χ3n) is 3.75. The average Bonchev–Trinajstić information content (AvgIpc) is 3.25. The van der Waals surface area contributed by atoms with E-state index in [1.807, 2.05) is 6.92 Å². The summed E-state index contributed by atoms with van der Waals surface area (Å²) in [5.74, 6) is -0.424. The van der Waals surface area contributed by atoms with E-state index in [9.17, 15) is 9.59 Å². The molecule has 2 amide bonds. The quantitative estimate of drug-likeness (QED) is 0.653. The Morgan fingerprint density at radius 1 is 1.15 bits per heavy atom. The van der Waals surface area contributed by atoms with Gasteiger partial charge in [0.25, 0.3) is 5.91 Å². The highest BCUT2D eigenvalue weighted by Gasteiger charge is 2.10. The molecule has 2 N–H and O–H groups in total. The molecule has 0 aliphatic heterocycles. The van der Waals surface area contributed by atoms with Crippen molar-refractivity contribution in [3.8, 4) is 0 Å². The van der Waals surface area contributed by atoms with Gasteiger partial charge in [-0.15, -0.1) is 0 Å². The van der Waals surface area contributed by atoms with Crippen LogP contribution < -0.4 is 10.6 Å². The normalized spacial score (nSPS) is 10.9. The molecule has 0 saturated carbocycles. The number of halogens is 1. The first-order valence-corrected chi connectivity index (χ1v) is 8.45. The van der Waals surface area contributed by atoms with Crippen molar-refractivity contribution < 1.29 is 14.0 Å². The van der Waals surface area contributed by atoms with Gasteiger partial charge in [0.1, 0.15) is 5.15 Å². The molecule has 0 unspecified atom stereocenters. The molecule has 0 bridgehead atoms. The molecule has 0 saturated heterocycles. The topological polar surface area (TPSA) is 89.2 Å². The fourth-order valence-electron chi connectivity index (χ4n) is 2.42. The Morgan fingerprint density at radius 3 is 2.37 bits per heavy atom. The number of carbonyl (C=O) groups is 2. The number of anilines is 2. The molecular formula is C19H17ClN4O3. The van der Waals surface area contributed by atoms with E-state index < -0.39 is 0 Å². The van der Waals surface area contributed by atoms with E-state index in [0.717, 1.165) is 5.69 Å². The van der Waals surface area contributed by atoms with Gasteiger partial charge in [0.05, 0.1) is 12.0 Å². The number of nitrogens with zero attached hydrogens (tertiary/aromatic N) is 2. The van der Waals surface area contributed by atoms with Gasteiger partial charge in [-0.25, -0.2) is 0 Å². The van der Waals surface area contributed by atoms with E-state index in [-0.39, 0.29) is 17.6 Å². The maximum atomic E-state index is 12.1. The summed E-state index contributed by atoms with van der Waals surface area (Å²) in [4.78, 5) is 24.0. The van der Waals surface area contributed by atoms with E-state index in [4.69, 9.17) is 16.0 Å². The third-order valence-corrected chi connectivity index (χ3v) is 4.20. The predicted molar refractivity (Wildman–Crippen MR) is 104 cm³/mol. The maximum absolute atomic E-state index is 12.1. The van der Waals surface area contributed by atoms with Gasteiger partial charge in [-0.2, -0.15) is 5.10 Å². The van der Waals surface area contributed by atoms with Crippen LogP contribution in [0, 0.1) is 6.92 Å². The van der Waals surface area contributed by atoms with Crippen LogP contribution in [0.15, 0.2) is 53.2 Å². The van der Waals surface area contributed by atoms with Crippen LogP contribution in [0.5, 0.6) is 0 Å². The Labute approximate surface area is 160 Å². The summed E-state index contributed by atoms with van der Waals surface area (Å²) in [6.07, 6.45) is 4.45. The molecule has 0 aliphatic rings. The average molecular weight is 385 g/mol. The number of amides is 2. The fourth-order valence-corrected chi connectivity index (χ4v) is 2.65. The summed E-state index contributed by atoms with van der Waals surface area (Å²) in [6, 6.07) is 9.95. The number of furan rings is 1. The van der Waals surface area contributed by atoms with Gasteiger partial charge in [-0.05, 0) is 49.4 Å². The lowest BCUT2D eigenvalue weighted by Crippen LogP contribution is -2.11. The minimum atomic E-state index is -0.344. The molecule has 0 spiro atoms. The van der Waals surface area contributed by atoms with Crippen molar-refractivity contribution in [2.45, 2.75) is 6.92 Å². The second-order valence-electron chi connectivity index (χ2n) is 5.74. The number of rotatable bonds is 5. The first-order chi connectivity index (χ1) is 12.9. The number of hydrogen-bond donors (Lipinski definition) is 2. The molecule has 0 radical (unpaired) electrons. The van der Waals surface area contributed by atoms with Crippen LogP contribution in [0.1, 0.15) is 21.8 Å². The maximum Gasteiger partial charge on any atom is 0.291 e. The zero-order chi connectivity index (χ0) is 19.4. The summed E-state index contributed by atoms with van der Waals surface area (Å²) < 4.78 is 6.58. The number of carbonyl (C=O) groups excluding carboxylic acids is 2. The fraction of sp³-hybridized carbons (Fsp3) is 0.105. The van der Waals surface area contributed by atoms with Gasteiger partial charge >= 0.3 is 0 Å². The molecule has 0 aliphatic carbocycles. The lowest BCUT2D eigenvalue weighted by molar-refractivity contribution is -0.111. The molecule has 3 rings (SSSR count). The van der Waals surface area contributed by atoms with Crippen molar-refractivity contribution >= 4 is 40.9 Å². The van der Waals surface area contributed by atoms with Crippen LogP contribution >= 0.6 is 11.6 Å². The predicted octanol–water partition coefficient (Wildman–Crippen LogP) is 3.88. The van der Waals surface area contributed by atoms with Gasteiger partial charge in [0.15, 0.2) is 5.76 Å². The molecule has 1 aromatic carbocycles. The molecule has 0 atom stereocenters. The molecule has 2 aromatic heterocycles. The lowest BCUT2D eigenvalue weighted by Gasteiger charge is -2.06. The molecule has 7 nitrogen and oxygen atoms in total. The molecule has 27 heavy (non-hydrogen) atoms. The lowest BCUT2D eigenvalue weighted by atomic mass is 10.2. The van der Waals surface area contributed by atoms with E-state index in [0.29, 0.717) is 22.1 Å². The highest BCUT2D eigenvalue weighted by Crippen LogP contribution is 2.20. The van der Waals surface area contributed by atoms with Crippen molar-refractivity contribution in [1.29, 1.82) is 0 Å². The Hall–Kier alpha value is -3.32. The van der Waals surface area contributed by atoms with Gasteiger partial charge in [0, 0.05) is 30.1 Å². The molecule has 0 fully saturated rings. The first-order valence-electron chi connectivity index (χ1n) is 8.07. The Bertz CT molecular complexity index is 989. The van der Waals surface area contributed by atoms with Crippen LogP contribution in [-0.4, -0.2) is 21.6 Å². The second kappa shape index (κ2) is 7.92. The van der Waals surface area contributed by atoms with Crippen molar-refractivity contribution in [3.05, 3.63) is 70.9 Å². The van der Waals surface area contributed by atoms with Gasteiger partial charge in [-0.3, -0.25) is 14.3 Å². The number of aromatic nitrogens is 2. The third kappa shape index (κ3) is 4.45. The van der Waals surface area contributed by atoms with Gasteiger partial charge in [-0.1, -0.05) is 11.6 Å². The monoisotopic (exact) mass is 384 g/mol. The molecule has 2 heterocycles. The van der Waals surface area contributed by atoms with E-state index in [2.05, 4.69) is 15.7 Å². The van der Waals surface area contributed by atoms with Crippen molar-refractivity contribution in [3.63, 3.8) is 0 Å².